The predicted octanol–water partition coefficient (Wildman–Crippen LogP) is 2.47. The molecule has 1 aromatic carbocycles. The van der Waals surface area contributed by atoms with E-state index in [-0.39, 0.29) is 0 Å². The zero-order valence-corrected chi connectivity index (χ0v) is 12.0. The van der Waals surface area contributed by atoms with Crippen LogP contribution in [-0.2, 0) is 15.1 Å². The van der Waals surface area contributed by atoms with E-state index in [9.17, 15) is 9.90 Å². The van der Waals surface area contributed by atoms with Crippen LogP contribution in [0.3, 0.4) is 0 Å². The second-order valence-electron chi connectivity index (χ2n) is 3.89. The van der Waals surface area contributed by atoms with E-state index in [2.05, 4.69) is 33.9 Å². The summed E-state index contributed by atoms with van der Waals surface area (Å²) < 4.78 is 5.73. The number of esters is 1. The molecule has 0 saturated heterocycles. The van der Waals surface area contributed by atoms with Crippen molar-refractivity contribution in [1.82, 2.24) is 0 Å². The Morgan fingerprint density at radius 3 is 2.47 bits per heavy atom. The maximum Gasteiger partial charge on any atom is 0.315 e. The van der Waals surface area contributed by atoms with Gasteiger partial charge in [-0.3, -0.25) is 4.79 Å². The van der Waals surface area contributed by atoms with Gasteiger partial charge in [0.15, 0.2) is 0 Å². The van der Waals surface area contributed by atoms with Gasteiger partial charge in [-0.1, -0.05) is 18.2 Å². The Kier molecular flexibility index (Phi) is 4.70. The van der Waals surface area contributed by atoms with Crippen molar-refractivity contribution < 1.29 is 14.6 Å². The zero-order chi connectivity index (χ0) is 13.1. The Bertz CT molecular complexity index is 409. The highest BCUT2D eigenvalue weighted by molar-refractivity contribution is 14.1. The number of carbonyl (C=O) groups is 1. The Hall–Kier alpha value is -0.880. The summed E-state index contributed by atoms with van der Waals surface area (Å²) in [6.07, 6.45) is 1.41. The van der Waals surface area contributed by atoms with Crippen molar-refractivity contribution in [3.63, 3.8) is 0 Å². The van der Waals surface area contributed by atoms with E-state index < -0.39 is 17.5 Å². The summed E-state index contributed by atoms with van der Waals surface area (Å²) in [6, 6.07) is 7.34. The van der Waals surface area contributed by atoms with E-state index in [0.29, 0.717) is 5.56 Å². The maximum absolute atomic E-state index is 11.6. The number of methoxy groups -OCH3 is 1. The molecule has 0 aliphatic heterocycles. The van der Waals surface area contributed by atoms with Gasteiger partial charge in [-0.25, -0.2) is 0 Å². The number of benzene rings is 1. The molecule has 0 radical (unpaired) electrons. The van der Waals surface area contributed by atoms with Gasteiger partial charge in [-0.2, -0.15) is 0 Å². The van der Waals surface area contributed by atoms with Gasteiger partial charge in [0.1, 0.15) is 11.5 Å². The summed E-state index contributed by atoms with van der Waals surface area (Å²) in [5, 5.41) is 10.5. The van der Waals surface area contributed by atoms with Crippen LogP contribution in [0.2, 0.25) is 0 Å². The van der Waals surface area contributed by atoms with Crippen molar-refractivity contribution in [3.05, 3.63) is 46.1 Å². The lowest BCUT2D eigenvalue weighted by Crippen LogP contribution is -2.36. The van der Waals surface area contributed by atoms with Crippen molar-refractivity contribution >= 4 is 28.6 Å². The third kappa shape index (κ3) is 3.07. The van der Waals surface area contributed by atoms with Crippen LogP contribution >= 0.6 is 22.6 Å². The van der Waals surface area contributed by atoms with Crippen molar-refractivity contribution in [1.29, 1.82) is 0 Å². The molecule has 1 N–H and O–H groups in total. The lowest BCUT2D eigenvalue weighted by atomic mass is 9.83. The van der Waals surface area contributed by atoms with E-state index in [1.807, 2.05) is 12.1 Å². The number of aliphatic hydroxyl groups is 1. The highest BCUT2D eigenvalue weighted by atomic mass is 127. The van der Waals surface area contributed by atoms with Crippen molar-refractivity contribution in [2.75, 3.05) is 7.11 Å². The van der Waals surface area contributed by atoms with Crippen LogP contribution in [0.25, 0.3) is 0 Å². The summed E-state index contributed by atoms with van der Waals surface area (Å²) in [4.78, 5) is 11.6. The fraction of sp³-hybridized carbons (Fsp3) is 0.308. The van der Waals surface area contributed by atoms with Crippen LogP contribution < -0.4 is 0 Å². The molecule has 3 nitrogen and oxygen atoms in total. The first-order valence-electron chi connectivity index (χ1n) is 5.12. The third-order valence-electron chi connectivity index (χ3n) is 2.73. The zero-order valence-electron chi connectivity index (χ0n) is 9.81. The molecule has 0 fully saturated rings. The van der Waals surface area contributed by atoms with Crippen LogP contribution in [-0.4, -0.2) is 18.2 Å². The third-order valence-corrected chi connectivity index (χ3v) is 3.44. The van der Waals surface area contributed by atoms with E-state index in [4.69, 9.17) is 0 Å². The van der Waals surface area contributed by atoms with Crippen LogP contribution in [0.1, 0.15) is 12.5 Å². The van der Waals surface area contributed by atoms with E-state index in [1.165, 1.54) is 13.2 Å². The first-order valence-corrected chi connectivity index (χ1v) is 6.20. The summed E-state index contributed by atoms with van der Waals surface area (Å²) in [5.74, 6) is -1.28. The van der Waals surface area contributed by atoms with Crippen molar-refractivity contribution in [3.8, 4) is 0 Å². The molecule has 0 saturated carbocycles. The summed E-state index contributed by atoms with van der Waals surface area (Å²) in [7, 11) is 1.29. The highest BCUT2D eigenvalue weighted by Gasteiger charge is 2.37. The molecule has 1 rings (SSSR count). The maximum atomic E-state index is 11.6. The molecular formula is C13H15IO3. The largest absolute Gasteiger partial charge is 0.468 e. The van der Waals surface area contributed by atoms with Crippen molar-refractivity contribution in [2.24, 2.45) is 5.92 Å². The number of halogens is 1. The minimum Gasteiger partial charge on any atom is -0.468 e. The van der Waals surface area contributed by atoms with Crippen LogP contribution in [0.4, 0.5) is 0 Å². The molecule has 0 aliphatic carbocycles. The first kappa shape index (κ1) is 14.2. The van der Waals surface area contributed by atoms with E-state index in [0.717, 1.165) is 3.57 Å². The normalized spacial score (nSPS) is 15.8. The SMILES string of the molecule is C=C[C@@H](C(=O)OC)C(C)(O)c1ccc(I)cc1. The minimum absolute atomic E-state index is 0.497. The summed E-state index contributed by atoms with van der Waals surface area (Å²) in [6.45, 7) is 5.16. The molecular weight excluding hydrogens is 331 g/mol. The molecule has 1 unspecified atom stereocenters. The monoisotopic (exact) mass is 346 g/mol. The van der Waals surface area contributed by atoms with Gasteiger partial charge in [0.25, 0.3) is 0 Å². The van der Waals surface area contributed by atoms with Crippen molar-refractivity contribution in [2.45, 2.75) is 12.5 Å². The second kappa shape index (κ2) is 5.64. The summed E-state index contributed by atoms with van der Waals surface area (Å²) in [5.41, 5.74) is -0.660. The van der Waals surface area contributed by atoms with Gasteiger partial charge in [-0.15, -0.1) is 6.58 Å². The van der Waals surface area contributed by atoms with Crippen LogP contribution in [0.15, 0.2) is 36.9 Å². The number of carbonyl (C=O) groups excluding carboxylic acids is 1. The Labute approximate surface area is 115 Å². The molecule has 1 aromatic rings. The lowest BCUT2D eigenvalue weighted by molar-refractivity contribution is -0.152. The summed E-state index contributed by atoms with van der Waals surface area (Å²) >= 11 is 2.18. The second-order valence-corrected chi connectivity index (χ2v) is 5.14. The average molecular weight is 346 g/mol. The van der Waals surface area contributed by atoms with E-state index in [1.54, 1.807) is 19.1 Å². The van der Waals surface area contributed by atoms with Gasteiger partial charge in [-0.05, 0) is 47.2 Å². The van der Waals surface area contributed by atoms with Gasteiger partial charge >= 0.3 is 5.97 Å². The Morgan fingerprint density at radius 2 is 2.06 bits per heavy atom. The Balaban J connectivity index is 3.11. The molecule has 0 aromatic heterocycles. The topological polar surface area (TPSA) is 46.5 Å². The molecule has 0 aliphatic rings. The fourth-order valence-electron chi connectivity index (χ4n) is 1.65. The predicted molar refractivity (Wildman–Crippen MR) is 74.4 cm³/mol. The average Bonchev–Trinajstić information content (AvgIpc) is 2.29. The minimum atomic E-state index is -1.32. The van der Waals surface area contributed by atoms with Crippen LogP contribution in [0.5, 0.6) is 0 Å². The standard InChI is InChI=1S/C13H15IO3/c1-4-11(12(15)17-3)13(2,16)9-5-7-10(14)8-6-9/h4-8,11,16H,1H2,2-3H3/t11-,13?/m0/s1. The lowest BCUT2D eigenvalue weighted by Gasteiger charge is -2.29. The number of hydrogen-bond acceptors (Lipinski definition) is 3. The van der Waals surface area contributed by atoms with Gasteiger partial charge in [0, 0.05) is 3.57 Å². The molecule has 0 amide bonds. The van der Waals surface area contributed by atoms with E-state index >= 15 is 0 Å². The highest BCUT2D eigenvalue weighted by Crippen LogP contribution is 2.31. The smallest absolute Gasteiger partial charge is 0.315 e. The quantitative estimate of drug-likeness (QED) is 0.518. The molecule has 0 bridgehead atoms. The van der Waals surface area contributed by atoms with Gasteiger partial charge in [0.2, 0.25) is 0 Å². The van der Waals surface area contributed by atoms with Gasteiger partial charge < -0.3 is 9.84 Å². The molecule has 4 heteroatoms. The molecule has 92 valence electrons. The molecule has 0 heterocycles. The van der Waals surface area contributed by atoms with Gasteiger partial charge in [0.05, 0.1) is 7.11 Å². The number of hydrogen-bond donors (Lipinski definition) is 1. The molecule has 17 heavy (non-hydrogen) atoms. The molecule has 2 atom stereocenters. The Morgan fingerprint density at radius 1 is 1.53 bits per heavy atom. The number of rotatable bonds is 4. The fourth-order valence-corrected chi connectivity index (χ4v) is 2.01. The molecule has 0 spiro atoms. The number of ether oxygens (including phenoxy) is 1. The van der Waals surface area contributed by atoms with Crippen LogP contribution in [0, 0.1) is 9.49 Å². The first-order chi connectivity index (χ1) is 7.93.